The first-order valence-electron chi connectivity index (χ1n) is 8.60. The van der Waals surface area contributed by atoms with Crippen LogP contribution in [0.25, 0.3) is 0 Å². The highest BCUT2D eigenvalue weighted by Gasteiger charge is 2.32. The van der Waals surface area contributed by atoms with E-state index in [0.29, 0.717) is 18.9 Å². The summed E-state index contributed by atoms with van der Waals surface area (Å²) in [6, 6.07) is 0.362. The molecule has 0 aromatic carbocycles. The van der Waals surface area contributed by atoms with E-state index >= 15 is 0 Å². The third-order valence-corrected chi connectivity index (χ3v) is 4.88. The fourth-order valence-electron chi connectivity index (χ4n) is 3.49. The van der Waals surface area contributed by atoms with Crippen molar-refractivity contribution >= 4 is 5.69 Å². The van der Waals surface area contributed by atoms with Gasteiger partial charge >= 0.3 is 18.0 Å². The van der Waals surface area contributed by atoms with Gasteiger partial charge in [-0.05, 0) is 25.7 Å². The molecule has 0 N–H and O–H groups in total. The topological polar surface area (TPSA) is 82.7 Å². The zero-order valence-electron chi connectivity index (χ0n) is 14.1. The summed E-state index contributed by atoms with van der Waals surface area (Å²) in [7, 11) is 0. The van der Waals surface area contributed by atoms with Crippen LogP contribution in [0.5, 0.6) is 5.88 Å². The lowest BCUT2D eigenvalue weighted by atomic mass is 10.00. The molecule has 8 nitrogen and oxygen atoms in total. The molecule has 0 saturated carbocycles. The van der Waals surface area contributed by atoms with Crippen molar-refractivity contribution in [2.75, 3.05) is 26.3 Å². The van der Waals surface area contributed by atoms with Crippen LogP contribution in [0, 0.1) is 10.1 Å². The Labute approximate surface area is 148 Å². The highest BCUT2D eigenvalue weighted by Crippen LogP contribution is 2.32. The molecule has 11 heteroatoms. The lowest BCUT2D eigenvalue weighted by Gasteiger charge is -2.39. The molecule has 1 unspecified atom stereocenters. The summed E-state index contributed by atoms with van der Waals surface area (Å²) in [5.74, 6) is -0.713. The molecule has 3 rings (SSSR count). The Hall–Kier alpha value is -1.88. The molecule has 0 bridgehead atoms. The van der Waals surface area contributed by atoms with Gasteiger partial charge in [0.2, 0.25) is 0 Å². The van der Waals surface area contributed by atoms with Crippen molar-refractivity contribution in [3.63, 3.8) is 0 Å². The van der Waals surface area contributed by atoms with Crippen LogP contribution in [-0.4, -0.2) is 64.7 Å². The van der Waals surface area contributed by atoms with Gasteiger partial charge in [0, 0.05) is 32.3 Å². The monoisotopic (exact) mass is 378 g/mol. The van der Waals surface area contributed by atoms with Crippen LogP contribution in [-0.2, 0) is 4.74 Å². The van der Waals surface area contributed by atoms with E-state index < -0.39 is 29.3 Å². The minimum atomic E-state index is -3.40. The number of halogens is 3. The van der Waals surface area contributed by atoms with Gasteiger partial charge in [-0.1, -0.05) is 0 Å². The molecule has 2 aliphatic heterocycles. The van der Waals surface area contributed by atoms with Crippen LogP contribution < -0.4 is 4.74 Å². The molecule has 1 aromatic rings. The number of ether oxygens (including phenoxy) is 2. The number of likely N-dealkylation sites (tertiary alicyclic amines) is 1. The van der Waals surface area contributed by atoms with Gasteiger partial charge in [-0.2, -0.15) is 4.39 Å². The third-order valence-electron chi connectivity index (χ3n) is 4.88. The van der Waals surface area contributed by atoms with Crippen LogP contribution in [0.1, 0.15) is 31.7 Å². The van der Waals surface area contributed by atoms with Gasteiger partial charge in [-0.25, -0.2) is 8.78 Å². The molecule has 146 valence electrons. The third kappa shape index (κ3) is 4.26. The maximum absolute atomic E-state index is 13.1. The number of nitrogens with zero attached hydrogens (tertiary/aromatic N) is 4. The van der Waals surface area contributed by atoms with Gasteiger partial charge < -0.3 is 14.4 Å². The van der Waals surface area contributed by atoms with E-state index in [1.165, 1.54) is 4.68 Å². The Morgan fingerprint density at radius 3 is 2.42 bits per heavy atom. The van der Waals surface area contributed by atoms with Gasteiger partial charge in [0.15, 0.2) is 0 Å². The van der Waals surface area contributed by atoms with Crippen LogP contribution in [0.2, 0.25) is 0 Å². The van der Waals surface area contributed by atoms with Gasteiger partial charge in [0.25, 0.3) is 6.36 Å². The van der Waals surface area contributed by atoms with E-state index in [0.717, 1.165) is 45.3 Å². The average molecular weight is 378 g/mol. The first-order valence-corrected chi connectivity index (χ1v) is 8.60. The molecular formula is C15H21F3N4O4. The van der Waals surface area contributed by atoms with E-state index in [2.05, 4.69) is 14.7 Å². The van der Waals surface area contributed by atoms with Crippen molar-refractivity contribution < 1.29 is 27.6 Å². The number of nitro groups is 1. The molecule has 2 fully saturated rings. The summed E-state index contributed by atoms with van der Waals surface area (Å²) in [6.07, 6.45) is -1.83. The van der Waals surface area contributed by atoms with Crippen molar-refractivity contribution in [1.82, 2.24) is 14.7 Å². The molecule has 26 heavy (non-hydrogen) atoms. The summed E-state index contributed by atoms with van der Waals surface area (Å²) in [4.78, 5) is 12.6. The Morgan fingerprint density at radius 1 is 1.19 bits per heavy atom. The number of hydrogen-bond donors (Lipinski definition) is 0. The van der Waals surface area contributed by atoms with E-state index in [1.807, 2.05) is 0 Å². The second kappa shape index (κ2) is 8.21. The molecule has 1 atom stereocenters. The highest BCUT2D eigenvalue weighted by atomic mass is 19.3. The van der Waals surface area contributed by atoms with E-state index in [-0.39, 0.29) is 6.04 Å². The van der Waals surface area contributed by atoms with Crippen molar-refractivity contribution in [3.8, 4) is 5.88 Å². The summed E-state index contributed by atoms with van der Waals surface area (Å²) in [5, 5.41) is 14.9. The zero-order chi connectivity index (χ0) is 18.7. The smallest absolute Gasteiger partial charge is 0.350 e. The second-order valence-corrected chi connectivity index (χ2v) is 6.47. The van der Waals surface area contributed by atoms with Crippen LogP contribution in [0.3, 0.4) is 0 Å². The van der Waals surface area contributed by atoms with E-state index in [1.54, 1.807) is 0 Å². The summed E-state index contributed by atoms with van der Waals surface area (Å²) >= 11 is 0. The minimum Gasteiger partial charge on any atom is -0.431 e. The first-order chi connectivity index (χ1) is 12.5. The quantitative estimate of drug-likeness (QED) is 0.559. The molecule has 2 aliphatic rings. The Bertz CT molecular complexity index is 616. The number of aromatic nitrogens is 2. The van der Waals surface area contributed by atoms with Crippen LogP contribution in [0.15, 0.2) is 6.20 Å². The molecular weight excluding hydrogens is 357 g/mol. The van der Waals surface area contributed by atoms with Gasteiger partial charge in [-0.15, -0.1) is 5.10 Å². The maximum atomic E-state index is 13.1. The largest absolute Gasteiger partial charge is 0.431 e. The van der Waals surface area contributed by atoms with Crippen molar-refractivity contribution in [2.45, 2.75) is 50.6 Å². The SMILES string of the molecule is O=[N+]([O-])c1cn(C2CCN(C3CCOCC3)CC2)nc1OC(F)C(F)F. The summed E-state index contributed by atoms with van der Waals surface area (Å²) in [5.41, 5.74) is -0.611. The first kappa shape index (κ1) is 18.9. The standard InChI is InChI=1S/C15H21F3N4O4/c16-13(17)14(18)26-15-12(22(23)24)9-21(19-15)11-1-5-20(6-2-11)10-3-7-25-8-4-10/h9-11,13-14H,1-8H2. The van der Waals surface area contributed by atoms with Gasteiger partial charge in [0.05, 0.1) is 11.0 Å². The summed E-state index contributed by atoms with van der Waals surface area (Å²) < 4.78 is 48.8. The number of hydrogen-bond acceptors (Lipinski definition) is 6. The van der Waals surface area contributed by atoms with E-state index in [4.69, 9.17) is 4.74 Å². The fraction of sp³-hybridized carbons (Fsp3) is 0.800. The highest BCUT2D eigenvalue weighted by molar-refractivity contribution is 5.38. The lowest BCUT2D eigenvalue weighted by molar-refractivity contribution is -0.386. The molecule has 0 spiro atoms. The van der Waals surface area contributed by atoms with Gasteiger partial charge in [-0.3, -0.25) is 14.8 Å². The fourth-order valence-corrected chi connectivity index (χ4v) is 3.49. The van der Waals surface area contributed by atoms with E-state index in [9.17, 15) is 23.3 Å². The van der Waals surface area contributed by atoms with Crippen molar-refractivity contribution in [3.05, 3.63) is 16.3 Å². The number of alkyl halides is 3. The molecule has 0 amide bonds. The van der Waals surface area contributed by atoms with Crippen LogP contribution >= 0.6 is 0 Å². The zero-order valence-corrected chi connectivity index (χ0v) is 14.1. The predicted molar refractivity (Wildman–Crippen MR) is 84.1 cm³/mol. The second-order valence-electron chi connectivity index (χ2n) is 6.47. The summed E-state index contributed by atoms with van der Waals surface area (Å²) in [6.45, 7) is 3.13. The Kier molecular flexibility index (Phi) is 5.97. The molecule has 3 heterocycles. The predicted octanol–water partition coefficient (Wildman–Crippen LogP) is 2.55. The normalized spacial score (nSPS) is 21.8. The Balaban J connectivity index is 1.65. The molecule has 2 saturated heterocycles. The molecule has 0 radical (unpaired) electrons. The maximum Gasteiger partial charge on any atom is 0.350 e. The average Bonchev–Trinajstić information content (AvgIpc) is 3.06. The van der Waals surface area contributed by atoms with Gasteiger partial charge in [0.1, 0.15) is 6.20 Å². The minimum absolute atomic E-state index is 0.119. The van der Waals surface area contributed by atoms with Crippen molar-refractivity contribution in [2.24, 2.45) is 0 Å². The van der Waals surface area contributed by atoms with Crippen molar-refractivity contribution in [1.29, 1.82) is 0 Å². The Morgan fingerprint density at radius 2 is 1.85 bits per heavy atom. The molecule has 0 aliphatic carbocycles. The number of piperidine rings is 1. The molecule has 1 aromatic heterocycles. The lowest BCUT2D eigenvalue weighted by Crippen LogP contribution is -2.44. The number of rotatable bonds is 6. The van der Waals surface area contributed by atoms with Crippen LogP contribution in [0.4, 0.5) is 18.9 Å².